The fourth-order valence-electron chi connectivity index (χ4n) is 5.27. The number of nitrogens with zero attached hydrogens (tertiary/aromatic N) is 1. The third-order valence-electron chi connectivity index (χ3n) is 7.68. The van der Waals surface area contributed by atoms with E-state index in [0.717, 1.165) is 66.3 Å². The van der Waals surface area contributed by atoms with Crippen LogP contribution in [-0.4, -0.2) is 9.97 Å². The molecule has 1 unspecified atom stereocenters. The molecule has 0 spiro atoms. The van der Waals surface area contributed by atoms with Crippen molar-refractivity contribution >= 4 is 33.4 Å². The largest absolute Gasteiger partial charge is 1.00 e. The maximum absolute atomic E-state index is 4.86. The number of hydrogen-bond donors (Lipinski definition) is 2. The minimum atomic E-state index is 0. The van der Waals surface area contributed by atoms with Crippen molar-refractivity contribution in [3.63, 3.8) is 0 Å². The predicted octanol–water partition coefficient (Wildman–Crippen LogP) is 7.48. The van der Waals surface area contributed by atoms with Crippen LogP contribution in [0.3, 0.4) is 0 Å². The third-order valence-corrected chi connectivity index (χ3v) is 7.68. The van der Waals surface area contributed by atoms with Crippen LogP contribution in [0.2, 0.25) is 0 Å². The molecular formula is C37H44KN3-2. The molecule has 2 aromatic heterocycles. The van der Waals surface area contributed by atoms with Gasteiger partial charge in [0.25, 0.3) is 0 Å². The summed E-state index contributed by atoms with van der Waals surface area (Å²) >= 11 is 0. The molecule has 4 aromatic rings. The molecule has 4 heteroatoms. The number of hydrogen-bond acceptors (Lipinski definition) is 2. The smallest absolute Gasteiger partial charge is 0.376 e. The average Bonchev–Trinajstić information content (AvgIpc) is 3.33. The van der Waals surface area contributed by atoms with Gasteiger partial charge in [-0.05, 0) is 68.5 Å². The van der Waals surface area contributed by atoms with Crippen LogP contribution in [-0.2, 0) is 6.42 Å². The Morgan fingerprint density at radius 1 is 1.07 bits per heavy atom. The molecule has 2 heterocycles. The molecule has 210 valence electrons. The van der Waals surface area contributed by atoms with Crippen LogP contribution in [0.25, 0.3) is 22.0 Å². The molecule has 0 aliphatic heterocycles. The molecule has 3 nitrogen and oxygen atoms in total. The Hall–Kier alpha value is -1.95. The van der Waals surface area contributed by atoms with E-state index in [2.05, 4.69) is 113 Å². The van der Waals surface area contributed by atoms with Crippen LogP contribution < -0.4 is 56.7 Å². The Kier molecular flexibility index (Phi) is 13.6. The van der Waals surface area contributed by atoms with Gasteiger partial charge in [0, 0.05) is 27.9 Å². The standard InChI is InChI=1S/C29H28N3.C8H16.K/c1-4-25-29(31-22-12-6-5-7-13-22)24-18-21(16-17-26(24)32-25)23-14-8-10-19(2)28(23)27-15-9-11-20(3)30-27;1-4-6-7-8(3)5-2;/h6-7,9,11-18,31-32H,4,8,10H2,1-3H3;8H,1-2,4-7H2,3H3;/q-1;-2;+1. The van der Waals surface area contributed by atoms with E-state index in [1.807, 2.05) is 12.1 Å². The van der Waals surface area contributed by atoms with Crippen molar-refractivity contribution in [1.82, 2.24) is 9.97 Å². The predicted molar refractivity (Wildman–Crippen MR) is 173 cm³/mol. The van der Waals surface area contributed by atoms with Crippen LogP contribution in [0.1, 0.15) is 81.9 Å². The second-order valence-corrected chi connectivity index (χ2v) is 10.9. The van der Waals surface area contributed by atoms with Crippen molar-refractivity contribution in [2.45, 2.75) is 72.6 Å². The quantitative estimate of drug-likeness (QED) is 0.162. The fourth-order valence-corrected chi connectivity index (χ4v) is 5.27. The van der Waals surface area contributed by atoms with E-state index < -0.39 is 0 Å². The number of aromatic nitrogens is 2. The molecule has 0 saturated heterocycles. The van der Waals surface area contributed by atoms with E-state index >= 15 is 0 Å². The first-order chi connectivity index (χ1) is 19.4. The van der Waals surface area contributed by atoms with Crippen molar-refractivity contribution in [3.05, 3.63) is 115 Å². The number of nitrogens with one attached hydrogen (secondary N) is 2. The monoisotopic (exact) mass is 569 g/mol. The first-order valence-electron chi connectivity index (χ1n) is 14.8. The van der Waals surface area contributed by atoms with Crippen molar-refractivity contribution in [1.29, 1.82) is 0 Å². The molecule has 0 radical (unpaired) electrons. The van der Waals surface area contributed by atoms with Crippen molar-refractivity contribution in [2.24, 2.45) is 5.92 Å². The summed E-state index contributed by atoms with van der Waals surface area (Å²) in [4.78, 5) is 8.47. The zero-order valence-electron chi connectivity index (χ0n) is 25.7. The summed E-state index contributed by atoms with van der Waals surface area (Å²) in [5.41, 5.74) is 11.9. The number of aromatic amines is 1. The van der Waals surface area contributed by atoms with Gasteiger partial charge in [-0.25, -0.2) is 0 Å². The van der Waals surface area contributed by atoms with Gasteiger partial charge in [0.1, 0.15) is 0 Å². The van der Waals surface area contributed by atoms with Crippen LogP contribution in [0.4, 0.5) is 11.4 Å². The summed E-state index contributed by atoms with van der Waals surface area (Å²) in [6.45, 7) is 16.3. The molecule has 0 saturated carbocycles. The van der Waals surface area contributed by atoms with Gasteiger partial charge < -0.3 is 24.1 Å². The number of rotatable bonds is 9. The minimum Gasteiger partial charge on any atom is -0.376 e. The van der Waals surface area contributed by atoms with E-state index in [4.69, 9.17) is 4.98 Å². The minimum absolute atomic E-state index is 0. The Labute approximate surface area is 290 Å². The summed E-state index contributed by atoms with van der Waals surface area (Å²) in [6, 6.07) is 24.1. The van der Waals surface area contributed by atoms with Crippen LogP contribution in [0, 0.1) is 32.8 Å². The number of benzene rings is 2. The maximum atomic E-state index is 4.86. The molecule has 0 bridgehead atoms. The molecular weight excluding hydrogens is 526 g/mol. The van der Waals surface area contributed by atoms with E-state index in [1.165, 1.54) is 46.2 Å². The van der Waals surface area contributed by atoms with Crippen molar-refractivity contribution in [2.75, 3.05) is 5.32 Å². The fraction of sp³-hybridized carbons (Fsp3) is 0.324. The number of anilines is 2. The molecule has 5 rings (SSSR count). The summed E-state index contributed by atoms with van der Waals surface area (Å²) in [5, 5.41) is 4.86. The number of aryl methyl sites for hydroxylation is 2. The second kappa shape index (κ2) is 16.6. The number of allylic oxidation sites excluding steroid dienone is 4. The van der Waals surface area contributed by atoms with Gasteiger partial charge in [-0.2, -0.15) is 31.0 Å². The van der Waals surface area contributed by atoms with E-state index in [-0.39, 0.29) is 51.4 Å². The van der Waals surface area contributed by atoms with E-state index in [0.29, 0.717) is 0 Å². The van der Waals surface area contributed by atoms with Crippen molar-refractivity contribution < 1.29 is 51.4 Å². The molecule has 2 aromatic carbocycles. The van der Waals surface area contributed by atoms with Gasteiger partial charge in [0.05, 0.1) is 11.4 Å². The average molecular weight is 570 g/mol. The third kappa shape index (κ3) is 8.78. The Balaban J connectivity index is 0.000000453. The molecule has 0 amide bonds. The number of unbranched alkanes of at least 4 members (excludes halogenated alkanes) is 1. The summed E-state index contributed by atoms with van der Waals surface area (Å²) in [5.74, 6) is 0.803. The van der Waals surface area contributed by atoms with Gasteiger partial charge in [-0.1, -0.05) is 62.1 Å². The Morgan fingerprint density at radius 3 is 2.54 bits per heavy atom. The molecule has 1 atom stereocenters. The topological polar surface area (TPSA) is 40.7 Å². The molecule has 2 N–H and O–H groups in total. The number of H-pyrrole nitrogens is 1. The first kappa shape index (κ1) is 33.5. The number of pyridine rings is 1. The summed E-state index contributed by atoms with van der Waals surface area (Å²) in [6.07, 6.45) is 10.2. The van der Waals surface area contributed by atoms with Crippen LogP contribution in [0.5, 0.6) is 0 Å². The number of fused-ring (bicyclic) bond motifs is 1. The van der Waals surface area contributed by atoms with Gasteiger partial charge in [0.2, 0.25) is 0 Å². The summed E-state index contributed by atoms with van der Waals surface area (Å²) < 4.78 is 0. The Bertz CT molecular complexity index is 1460. The van der Waals surface area contributed by atoms with E-state index in [9.17, 15) is 0 Å². The first-order valence-corrected chi connectivity index (χ1v) is 14.8. The van der Waals surface area contributed by atoms with Crippen LogP contribution in [0.15, 0.2) is 72.3 Å². The molecule has 41 heavy (non-hydrogen) atoms. The zero-order valence-corrected chi connectivity index (χ0v) is 28.9. The zero-order chi connectivity index (χ0) is 28.5. The maximum Gasteiger partial charge on any atom is 1.00 e. The second-order valence-electron chi connectivity index (χ2n) is 10.9. The van der Waals surface area contributed by atoms with Gasteiger partial charge in [-0.3, -0.25) is 4.98 Å². The molecule has 1 aliphatic rings. The Morgan fingerprint density at radius 2 is 1.85 bits per heavy atom. The molecule has 0 fully saturated rings. The normalized spacial score (nSPS) is 13.7. The van der Waals surface area contributed by atoms with Crippen molar-refractivity contribution in [3.8, 4) is 0 Å². The van der Waals surface area contributed by atoms with Crippen LogP contribution >= 0.6 is 0 Å². The molecule has 1 aliphatic carbocycles. The van der Waals surface area contributed by atoms with Gasteiger partial charge in [0.15, 0.2) is 0 Å². The van der Waals surface area contributed by atoms with E-state index in [1.54, 1.807) is 0 Å². The summed E-state index contributed by atoms with van der Waals surface area (Å²) in [7, 11) is 0. The SMILES string of the molecule is CCc1[nH]c2ccc(C3=CCCC(C)=C3c3cccc(C)n3)cc2c1Nc1cc[c-]cc1.[CH2-]CCCC(C)C[CH2-].[K+]. The van der Waals surface area contributed by atoms with Gasteiger partial charge >= 0.3 is 51.4 Å². The van der Waals surface area contributed by atoms with Gasteiger partial charge in [-0.15, -0.1) is 12.1 Å².